The lowest BCUT2D eigenvalue weighted by Crippen LogP contribution is -2.47. The van der Waals surface area contributed by atoms with Gasteiger partial charge in [-0.3, -0.25) is 14.7 Å². The Kier molecular flexibility index (Phi) is 3.48. The van der Waals surface area contributed by atoms with Crippen LogP contribution in [-0.2, 0) is 4.79 Å². The number of nitrogens with one attached hydrogen (secondary N) is 1. The quantitative estimate of drug-likeness (QED) is 0.758. The van der Waals surface area contributed by atoms with Gasteiger partial charge in [-0.25, -0.2) is 0 Å². The van der Waals surface area contributed by atoms with Gasteiger partial charge in [-0.05, 0) is 11.6 Å². The first-order valence-electron chi connectivity index (χ1n) is 5.36. The Labute approximate surface area is 94.1 Å². The maximum atomic E-state index is 11.3. The second kappa shape index (κ2) is 5.05. The van der Waals surface area contributed by atoms with Crippen molar-refractivity contribution in [2.75, 3.05) is 26.2 Å². The lowest BCUT2D eigenvalue weighted by Gasteiger charge is -2.32. The molecule has 0 radical (unpaired) electrons. The van der Waals surface area contributed by atoms with Crippen molar-refractivity contribution >= 4 is 5.97 Å². The number of aromatic nitrogens is 1. The third-order valence-electron chi connectivity index (χ3n) is 2.75. The normalized spacial score (nSPS) is 19.2. The Morgan fingerprint density at radius 1 is 1.50 bits per heavy atom. The van der Waals surface area contributed by atoms with E-state index in [1.165, 1.54) is 0 Å². The monoisotopic (exact) mass is 221 g/mol. The van der Waals surface area contributed by atoms with Crippen LogP contribution < -0.4 is 5.32 Å². The molecule has 1 fully saturated rings. The fourth-order valence-corrected chi connectivity index (χ4v) is 1.99. The Bertz CT molecular complexity index is 350. The fourth-order valence-electron chi connectivity index (χ4n) is 1.99. The zero-order chi connectivity index (χ0) is 11.4. The van der Waals surface area contributed by atoms with Crippen molar-refractivity contribution < 1.29 is 9.90 Å². The number of aliphatic carboxylic acids is 1. The first-order chi connectivity index (χ1) is 7.79. The Morgan fingerprint density at radius 3 is 2.81 bits per heavy atom. The van der Waals surface area contributed by atoms with Crippen LogP contribution in [0.3, 0.4) is 0 Å². The van der Waals surface area contributed by atoms with Gasteiger partial charge < -0.3 is 10.4 Å². The van der Waals surface area contributed by atoms with Crippen molar-refractivity contribution in [2.24, 2.45) is 0 Å². The molecule has 5 nitrogen and oxygen atoms in total. The van der Waals surface area contributed by atoms with Gasteiger partial charge in [0, 0.05) is 38.6 Å². The molecule has 1 aliphatic heterocycles. The van der Waals surface area contributed by atoms with Crippen LogP contribution in [0.5, 0.6) is 0 Å². The molecule has 2 N–H and O–H groups in total. The van der Waals surface area contributed by atoms with Crippen molar-refractivity contribution in [3.8, 4) is 0 Å². The van der Waals surface area contributed by atoms with Gasteiger partial charge in [0.25, 0.3) is 0 Å². The van der Waals surface area contributed by atoms with Crippen molar-refractivity contribution in [3.63, 3.8) is 0 Å². The molecular formula is C11H15N3O2. The molecule has 2 heterocycles. The summed E-state index contributed by atoms with van der Waals surface area (Å²) in [7, 11) is 0. The Balaban J connectivity index is 2.20. The molecule has 0 aromatic carbocycles. The van der Waals surface area contributed by atoms with E-state index >= 15 is 0 Å². The minimum Gasteiger partial charge on any atom is -0.480 e. The van der Waals surface area contributed by atoms with Gasteiger partial charge >= 0.3 is 5.97 Å². The summed E-state index contributed by atoms with van der Waals surface area (Å²) >= 11 is 0. The molecule has 1 unspecified atom stereocenters. The molecule has 0 amide bonds. The van der Waals surface area contributed by atoms with Crippen LogP contribution in [0.2, 0.25) is 0 Å². The third-order valence-corrected chi connectivity index (χ3v) is 2.75. The van der Waals surface area contributed by atoms with Crippen molar-refractivity contribution in [3.05, 3.63) is 30.1 Å². The maximum Gasteiger partial charge on any atom is 0.325 e. The van der Waals surface area contributed by atoms with E-state index in [-0.39, 0.29) is 0 Å². The van der Waals surface area contributed by atoms with E-state index in [9.17, 15) is 9.90 Å². The number of carboxylic acids is 1. The van der Waals surface area contributed by atoms with Crippen molar-refractivity contribution in [1.29, 1.82) is 0 Å². The van der Waals surface area contributed by atoms with Crippen molar-refractivity contribution in [2.45, 2.75) is 6.04 Å². The number of hydrogen-bond donors (Lipinski definition) is 2. The largest absolute Gasteiger partial charge is 0.480 e. The highest BCUT2D eigenvalue weighted by Gasteiger charge is 2.28. The zero-order valence-electron chi connectivity index (χ0n) is 8.97. The maximum absolute atomic E-state index is 11.3. The number of hydrogen-bond acceptors (Lipinski definition) is 4. The summed E-state index contributed by atoms with van der Waals surface area (Å²) in [6.45, 7) is 3.19. The number of piperazine rings is 1. The SMILES string of the molecule is O=C(O)C(c1cccnc1)N1CCNCC1. The van der Waals surface area contributed by atoms with E-state index in [0.717, 1.165) is 31.7 Å². The number of pyridine rings is 1. The third kappa shape index (κ3) is 2.37. The molecule has 0 saturated carbocycles. The summed E-state index contributed by atoms with van der Waals surface area (Å²) in [6.07, 6.45) is 3.28. The number of nitrogens with zero attached hydrogens (tertiary/aromatic N) is 2. The number of carbonyl (C=O) groups is 1. The van der Waals surface area contributed by atoms with Gasteiger partial charge in [-0.15, -0.1) is 0 Å². The van der Waals surface area contributed by atoms with Crippen LogP contribution >= 0.6 is 0 Å². The molecule has 16 heavy (non-hydrogen) atoms. The average molecular weight is 221 g/mol. The second-order valence-electron chi connectivity index (χ2n) is 3.81. The number of carboxylic acid groups (broad SMARTS) is 1. The lowest BCUT2D eigenvalue weighted by atomic mass is 10.1. The van der Waals surface area contributed by atoms with Crippen LogP contribution in [0.25, 0.3) is 0 Å². The van der Waals surface area contributed by atoms with E-state index in [1.54, 1.807) is 18.5 Å². The summed E-state index contributed by atoms with van der Waals surface area (Å²) in [4.78, 5) is 17.3. The zero-order valence-corrected chi connectivity index (χ0v) is 8.97. The summed E-state index contributed by atoms with van der Waals surface area (Å²) in [5.74, 6) is -0.810. The molecule has 0 aliphatic carbocycles. The minimum absolute atomic E-state index is 0.573. The van der Waals surface area contributed by atoms with Crippen molar-refractivity contribution in [1.82, 2.24) is 15.2 Å². The first kappa shape index (κ1) is 11.0. The molecule has 1 aromatic heterocycles. The molecule has 1 aliphatic rings. The molecule has 1 aromatic rings. The Morgan fingerprint density at radius 2 is 2.25 bits per heavy atom. The summed E-state index contributed by atoms with van der Waals surface area (Å²) in [5.41, 5.74) is 0.747. The second-order valence-corrected chi connectivity index (χ2v) is 3.81. The molecule has 1 atom stereocenters. The van der Waals surface area contributed by atoms with Gasteiger partial charge in [0.2, 0.25) is 0 Å². The van der Waals surface area contributed by atoms with Crippen LogP contribution in [-0.4, -0.2) is 47.1 Å². The summed E-state index contributed by atoms with van der Waals surface area (Å²) in [6, 6.07) is 3.01. The van der Waals surface area contributed by atoms with Gasteiger partial charge in [-0.2, -0.15) is 0 Å². The average Bonchev–Trinajstić information content (AvgIpc) is 2.31. The van der Waals surface area contributed by atoms with E-state index in [0.29, 0.717) is 0 Å². The molecule has 0 bridgehead atoms. The predicted octanol–water partition coefficient (Wildman–Crippen LogP) is 0.113. The Hall–Kier alpha value is -1.46. The molecule has 0 spiro atoms. The fraction of sp³-hybridized carbons (Fsp3) is 0.455. The topological polar surface area (TPSA) is 65.5 Å². The lowest BCUT2D eigenvalue weighted by molar-refractivity contribution is -0.143. The minimum atomic E-state index is -0.810. The molecule has 86 valence electrons. The summed E-state index contributed by atoms with van der Waals surface area (Å²) in [5, 5.41) is 12.5. The van der Waals surface area contributed by atoms with Crippen LogP contribution in [0, 0.1) is 0 Å². The number of rotatable bonds is 3. The van der Waals surface area contributed by atoms with Gasteiger partial charge in [-0.1, -0.05) is 6.07 Å². The van der Waals surface area contributed by atoms with Crippen LogP contribution in [0.15, 0.2) is 24.5 Å². The van der Waals surface area contributed by atoms with E-state index < -0.39 is 12.0 Å². The first-order valence-corrected chi connectivity index (χ1v) is 5.36. The molecule has 1 saturated heterocycles. The van der Waals surface area contributed by atoms with Gasteiger partial charge in [0.15, 0.2) is 0 Å². The molecular weight excluding hydrogens is 206 g/mol. The highest BCUT2D eigenvalue weighted by atomic mass is 16.4. The van der Waals surface area contributed by atoms with E-state index in [2.05, 4.69) is 10.3 Å². The van der Waals surface area contributed by atoms with E-state index in [1.807, 2.05) is 11.0 Å². The van der Waals surface area contributed by atoms with Gasteiger partial charge in [0.1, 0.15) is 6.04 Å². The molecule has 2 rings (SSSR count). The highest BCUT2D eigenvalue weighted by Crippen LogP contribution is 2.20. The smallest absolute Gasteiger partial charge is 0.325 e. The predicted molar refractivity (Wildman–Crippen MR) is 59.1 cm³/mol. The highest BCUT2D eigenvalue weighted by molar-refractivity contribution is 5.75. The van der Waals surface area contributed by atoms with Crippen LogP contribution in [0.1, 0.15) is 11.6 Å². The summed E-state index contributed by atoms with van der Waals surface area (Å²) < 4.78 is 0. The van der Waals surface area contributed by atoms with Crippen LogP contribution in [0.4, 0.5) is 0 Å². The standard InChI is InChI=1S/C11H15N3O2/c15-11(16)10(9-2-1-3-13-8-9)14-6-4-12-5-7-14/h1-3,8,10,12H,4-7H2,(H,15,16). The molecule has 5 heteroatoms. The van der Waals surface area contributed by atoms with Gasteiger partial charge in [0.05, 0.1) is 0 Å². The van der Waals surface area contributed by atoms with E-state index in [4.69, 9.17) is 0 Å².